The molecule has 0 fully saturated rings. The van der Waals surface area contributed by atoms with Gasteiger partial charge in [0.1, 0.15) is 0 Å². The predicted molar refractivity (Wildman–Crippen MR) is 159 cm³/mol. The first kappa shape index (κ1) is 30.1. The molecule has 4 rings (SSSR count). The van der Waals surface area contributed by atoms with Crippen LogP contribution in [0.25, 0.3) is 0 Å². The Hall–Kier alpha value is -2.86. The summed E-state index contributed by atoms with van der Waals surface area (Å²) in [5.74, 6) is 1.18. The molecule has 0 atom stereocenters. The lowest BCUT2D eigenvalue weighted by atomic mass is 9.63. The van der Waals surface area contributed by atoms with Crippen LogP contribution in [0.2, 0.25) is 0 Å². The number of ether oxygens (including phenoxy) is 3. The molecule has 0 spiro atoms. The number of hydrogen-bond acceptors (Lipinski definition) is 6. The summed E-state index contributed by atoms with van der Waals surface area (Å²) in [6, 6.07) is 4.09. The van der Waals surface area contributed by atoms with Crippen molar-refractivity contribution in [2.75, 3.05) is 34.0 Å². The van der Waals surface area contributed by atoms with Crippen LogP contribution in [0.5, 0.6) is 11.5 Å². The molecule has 0 radical (unpaired) electrons. The molecule has 0 bridgehead atoms. The van der Waals surface area contributed by atoms with Crippen molar-refractivity contribution in [1.82, 2.24) is 4.90 Å². The number of nitrogens with zero attached hydrogens (tertiary/aromatic N) is 1. The van der Waals surface area contributed by atoms with Crippen LogP contribution in [-0.2, 0) is 20.7 Å². The van der Waals surface area contributed by atoms with Gasteiger partial charge in [0, 0.05) is 67.1 Å². The first-order valence-electron chi connectivity index (χ1n) is 14.7. The zero-order chi connectivity index (χ0) is 29.2. The number of allylic oxidation sites excluding steroid dienone is 5. The molecule has 1 heterocycles. The fraction of sp³-hybridized carbons (Fsp3) is 0.588. The highest BCUT2D eigenvalue weighted by Gasteiger charge is 2.49. The molecule has 0 unspecified atom stereocenters. The Morgan fingerprint density at radius 2 is 1.55 bits per heavy atom. The zero-order valence-electron chi connectivity index (χ0n) is 25.6. The van der Waals surface area contributed by atoms with Gasteiger partial charge in [-0.2, -0.15) is 0 Å². The van der Waals surface area contributed by atoms with Crippen LogP contribution >= 0.6 is 0 Å². The van der Waals surface area contributed by atoms with Gasteiger partial charge in [-0.3, -0.25) is 9.59 Å². The summed E-state index contributed by atoms with van der Waals surface area (Å²) in [5, 5.41) is 0. The Kier molecular flexibility index (Phi) is 8.99. The molecule has 0 saturated carbocycles. The second-order valence-electron chi connectivity index (χ2n) is 13.1. The summed E-state index contributed by atoms with van der Waals surface area (Å²) in [4.78, 5) is 30.5. The standard InChI is InChI=1S/C34H47NO5/c1-9-12-22-16-23(17-28(39-8)32(22)40-14-10-2)29-30-24(18-33(3,4)20-26(30)36)35(13-11-15-38-7)25-19-34(5,6)21-27(37)31(25)29/h9,16-17,29H,1,10-15,18-21H2,2-8H3. The average Bonchev–Trinajstić information content (AvgIpc) is 2.86. The Labute approximate surface area is 240 Å². The van der Waals surface area contributed by atoms with Gasteiger partial charge in [0.25, 0.3) is 0 Å². The molecule has 0 aromatic heterocycles. The maximum atomic E-state index is 14.1. The van der Waals surface area contributed by atoms with Gasteiger partial charge in [-0.1, -0.05) is 46.8 Å². The van der Waals surface area contributed by atoms with Gasteiger partial charge >= 0.3 is 0 Å². The number of rotatable bonds is 11. The van der Waals surface area contributed by atoms with Crippen LogP contribution in [0.3, 0.4) is 0 Å². The molecule has 218 valence electrons. The fourth-order valence-corrected chi connectivity index (χ4v) is 6.69. The number of benzene rings is 1. The van der Waals surface area contributed by atoms with E-state index >= 15 is 0 Å². The topological polar surface area (TPSA) is 65.1 Å². The van der Waals surface area contributed by atoms with Gasteiger partial charge in [0.05, 0.1) is 13.7 Å². The molecule has 1 aromatic rings. The first-order chi connectivity index (χ1) is 19.0. The van der Waals surface area contributed by atoms with Gasteiger partial charge in [0.2, 0.25) is 0 Å². The quantitative estimate of drug-likeness (QED) is 0.220. The van der Waals surface area contributed by atoms with E-state index < -0.39 is 5.92 Å². The van der Waals surface area contributed by atoms with Crippen LogP contribution in [0.1, 0.15) is 90.2 Å². The van der Waals surface area contributed by atoms with Crippen molar-refractivity contribution in [1.29, 1.82) is 0 Å². The Bertz CT molecular complexity index is 1180. The summed E-state index contributed by atoms with van der Waals surface area (Å²) in [6.45, 7) is 16.6. The lowest BCUT2D eigenvalue weighted by Gasteiger charge is -2.49. The van der Waals surface area contributed by atoms with Gasteiger partial charge < -0.3 is 19.1 Å². The molecule has 0 amide bonds. The van der Waals surface area contributed by atoms with Gasteiger partial charge in [-0.05, 0) is 54.6 Å². The lowest BCUT2D eigenvalue weighted by molar-refractivity contribution is -0.119. The third-order valence-electron chi connectivity index (χ3n) is 8.27. The monoisotopic (exact) mass is 549 g/mol. The van der Waals surface area contributed by atoms with Crippen LogP contribution in [-0.4, -0.2) is 50.4 Å². The highest BCUT2D eigenvalue weighted by Crippen LogP contribution is 2.55. The van der Waals surface area contributed by atoms with Crippen LogP contribution < -0.4 is 9.47 Å². The van der Waals surface area contributed by atoms with Crippen molar-refractivity contribution in [3.63, 3.8) is 0 Å². The minimum absolute atomic E-state index is 0.132. The Balaban J connectivity index is 1.99. The molecule has 2 aliphatic carbocycles. The van der Waals surface area contributed by atoms with Crippen molar-refractivity contribution < 1.29 is 23.8 Å². The highest BCUT2D eigenvalue weighted by atomic mass is 16.5. The molecule has 6 nitrogen and oxygen atoms in total. The van der Waals surface area contributed by atoms with Crippen molar-refractivity contribution in [3.05, 3.63) is 58.5 Å². The molecule has 0 N–H and O–H groups in total. The second kappa shape index (κ2) is 11.9. The Morgan fingerprint density at radius 1 is 0.950 bits per heavy atom. The number of hydrogen-bond donors (Lipinski definition) is 0. The smallest absolute Gasteiger partial charge is 0.164 e. The second-order valence-corrected chi connectivity index (χ2v) is 13.1. The minimum atomic E-state index is -0.423. The van der Waals surface area contributed by atoms with Crippen molar-refractivity contribution in [2.24, 2.45) is 10.8 Å². The van der Waals surface area contributed by atoms with Crippen LogP contribution in [0, 0.1) is 10.8 Å². The molecular weight excluding hydrogens is 502 g/mol. The summed E-state index contributed by atoms with van der Waals surface area (Å²) >= 11 is 0. The predicted octanol–water partition coefficient (Wildman–Crippen LogP) is 6.93. The SMILES string of the molecule is C=CCc1cc(C2C3=C(CC(C)(C)CC3=O)N(CCCOC)C3=C2C(=O)CC(C)(C)C3)cc(OC)c1OCCC. The highest BCUT2D eigenvalue weighted by molar-refractivity contribution is 6.06. The van der Waals surface area contributed by atoms with Crippen LogP contribution in [0.4, 0.5) is 0 Å². The number of Topliss-reactive ketones (excluding diaryl/α,β-unsaturated/α-hetero) is 2. The van der Waals surface area contributed by atoms with Gasteiger partial charge in [-0.15, -0.1) is 6.58 Å². The first-order valence-corrected chi connectivity index (χ1v) is 14.7. The Morgan fingerprint density at radius 3 is 2.05 bits per heavy atom. The molecule has 0 saturated heterocycles. The van der Waals surface area contributed by atoms with Crippen LogP contribution in [0.15, 0.2) is 47.3 Å². The van der Waals surface area contributed by atoms with E-state index in [0.717, 1.165) is 65.9 Å². The van der Waals surface area contributed by atoms with Crippen molar-refractivity contribution in [2.45, 2.75) is 85.5 Å². The zero-order valence-corrected chi connectivity index (χ0v) is 25.6. The summed E-state index contributed by atoms with van der Waals surface area (Å²) in [6.07, 6.45) is 6.65. The normalized spacial score (nSPS) is 20.4. The molecule has 3 aliphatic rings. The third-order valence-corrected chi connectivity index (χ3v) is 8.27. The number of carbonyl (C=O) groups is 2. The van der Waals surface area contributed by atoms with E-state index in [1.807, 2.05) is 12.1 Å². The molecule has 1 aliphatic heterocycles. The van der Waals surface area contributed by atoms with Crippen molar-refractivity contribution in [3.8, 4) is 11.5 Å². The van der Waals surface area contributed by atoms with E-state index in [-0.39, 0.29) is 22.4 Å². The van der Waals surface area contributed by atoms with E-state index in [2.05, 4.69) is 52.2 Å². The average molecular weight is 550 g/mol. The largest absolute Gasteiger partial charge is 0.493 e. The molecule has 6 heteroatoms. The molecule has 1 aromatic carbocycles. The molecule has 40 heavy (non-hydrogen) atoms. The number of methoxy groups -OCH3 is 2. The number of ketones is 2. The van der Waals surface area contributed by atoms with Crippen molar-refractivity contribution >= 4 is 11.6 Å². The molecular formula is C34H47NO5. The van der Waals surface area contributed by atoms with E-state index in [1.54, 1.807) is 14.2 Å². The minimum Gasteiger partial charge on any atom is -0.493 e. The maximum absolute atomic E-state index is 14.1. The lowest BCUT2D eigenvalue weighted by Crippen LogP contribution is -2.44. The van der Waals surface area contributed by atoms with E-state index in [4.69, 9.17) is 14.2 Å². The van der Waals surface area contributed by atoms with E-state index in [9.17, 15) is 9.59 Å². The van der Waals surface area contributed by atoms with E-state index in [0.29, 0.717) is 44.0 Å². The summed E-state index contributed by atoms with van der Waals surface area (Å²) in [5.41, 5.74) is 5.25. The maximum Gasteiger partial charge on any atom is 0.164 e. The third kappa shape index (κ3) is 5.93. The summed E-state index contributed by atoms with van der Waals surface area (Å²) in [7, 11) is 3.36. The fourth-order valence-electron chi connectivity index (χ4n) is 6.69. The number of carbonyl (C=O) groups excluding carboxylic acids is 2. The van der Waals surface area contributed by atoms with Gasteiger partial charge in [-0.25, -0.2) is 0 Å². The van der Waals surface area contributed by atoms with E-state index in [1.165, 1.54) is 0 Å². The van der Waals surface area contributed by atoms with Gasteiger partial charge in [0.15, 0.2) is 23.1 Å². The summed E-state index contributed by atoms with van der Waals surface area (Å²) < 4.78 is 17.4.